The number of amides is 1. The number of fused-ring (bicyclic) bond motifs is 1. The lowest BCUT2D eigenvalue weighted by Gasteiger charge is -2.04. The maximum atomic E-state index is 12.9. The van der Waals surface area contributed by atoms with Crippen molar-refractivity contribution in [2.45, 2.75) is 24.3 Å². The topological polar surface area (TPSA) is 43.6 Å². The fourth-order valence-corrected chi connectivity index (χ4v) is 4.54. The van der Waals surface area contributed by atoms with Crippen LogP contribution in [0.5, 0.6) is 0 Å². The van der Waals surface area contributed by atoms with E-state index in [1.54, 1.807) is 31.0 Å². The van der Waals surface area contributed by atoms with Gasteiger partial charge < -0.3 is 9.30 Å². The van der Waals surface area contributed by atoms with Crippen LogP contribution in [0.1, 0.15) is 12.8 Å². The quantitative estimate of drug-likeness (QED) is 0.410. The Kier molecular flexibility index (Phi) is 7.20. The van der Waals surface area contributed by atoms with E-state index in [1.807, 2.05) is 28.8 Å². The van der Waals surface area contributed by atoms with Crippen LogP contribution in [0.4, 0.5) is 4.39 Å². The van der Waals surface area contributed by atoms with Gasteiger partial charge in [-0.2, -0.15) is 4.99 Å². The van der Waals surface area contributed by atoms with Gasteiger partial charge in [0, 0.05) is 25.0 Å². The molecule has 0 spiro atoms. The molecule has 2 aromatic carbocycles. The number of aromatic nitrogens is 1. The van der Waals surface area contributed by atoms with Gasteiger partial charge in [0.15, 0.2) is 4.80 Å². The maximum absolute atomic E-state index is 12.9. The van der Waals surface area contributed by atoms with E-state index in [1.165, 1.54) is 23.5 Å². The van der Waals surface area contributed by atoms with Crippen LogP contribution in [0.3, 0.4) is 0 Å². The molecule has 3 aromatic rings. The van der Waals surface area contributed by atoms with Gasteiger partial charge in [0.25, 0.3) is 0 Å². The number of nitrogens with zero attached hydrogens (tertiary/aromatic N) is 2. The number of thiazole rings is 1. The minimum atomic E-state index is -0.238. The molecule has 1 amide bonds. The van der Waals surface area contributed by atoms with Crippen LogP contribution >= 0.6 is 23.1 Å². The molecule has 0 saturated carbocycles. The van der Waals surface area contributed by atoms with Gasteiger partial charge in [0.1, 0.15) is 5.82 Å². The van der Waals surface area contributed by atoms with Gasteiger partial charge >= 0.3 is 0 Å². The van der Waals surface area contributed by atoms with Crippen LogP contribution in [0.2, 0.25) is 0 Å². The van der Waals surface area contributed by atoms with E-state index in [0.717, 1.165) is 27.3 Å². The number of rotatable bonds is 8. The lowest BCUT2D eigenvalue weighted by molar-refractivity contribution is -0.118. The molecule has 0 unspecified atom stereocenters. The Bertz CT molecular complexity index is 964. The number of halogens is 1. The highest BCUT2D eigenvalue weighted by Crippen LogP contribution is 2.20. The fraction of sp³-hybridized carbons (Fsp3) is 0.300. The van der Waals surface area contributed by atoms with E-state index in [-0.39, 0.29) is 11.7 Å². The van der Waals surface area contributed by atoms with E-state index in [4.69, 9.17) is 4.74 Å². The third kappa shape index (κ3) is 5.51. The molecule has 3 rings (SSSR count). The number of thioether (sulfide) groups is 1. The normalized spacial score (nSPS) is 12.0. The summed E-state index contributed by atoms with van der Waals surface area (Å²) in [5.41, 5.74) is 1.07. The first-order valence-electron chi connectivity index (χ1n) is 8.70. The number of carbonyl (C=O) groups excluding carboxylic acids is 1. The number of hydrogen-bond donors (Lipinski definition) is 0. The van der Waals surface area contributed by atoms with E-state index < -0.39 is 0 Å². The highest BCUT2D eigenvalue weighted by Gasteiger charge is 2.07. The predicted molar refractivity (Wildman–Crippen MR) is 109 cm³/mol. The van der Waals surface area contributed by atoms with Crippen LogP contribution in [0.25, 0.3) is 10.2 Å². The van der Waals surface area contributed by atoms with Gasteiger partial charge in [-0.25, -0.2) is 4.39 Å². The highest BCUT2D eigenvalue weighted by molar-refractivity contribution is 7.99. The van der Waals surface area contributed by atoms with Crippen molar-refractivity contribution in [3.63, 3.8) is 0 Å². The third-order valence-electron chi connectivity index (χ3n) is 3.94. The zero-order chi connectivity index (χ0) is 19.1. The Morgan fingerprint density at radius 3 is 2.78 bits per heavy atom. The largest absolute Gasteiger partial charge is 0.383 e. The van der Waals surface area contributed by atoms with Crippen LogP contribution < -0.4 is 4.80 Å². The lowest BCUT2D eigenvalue weighted by Crippen LogP contribution is -2.19. The first-order valence-corrected chi connectivity index (χ1v) is 10.5. The minimum absolute atomic E-state index is 0.118. The minimum Gasteiger partial charge on any atom is -0.383 e. The molecule has 7 heteroatoms. The number of benzene rings is 2. The van der Waals surface area contributed by atoms with E-state index in [0.29, 0.717) is 24.4 Å². The van der Waals surface area contributed by atoms with Crippen molar-refractivity contribution in [1.29, 1.82) is 0 Å². The molecule has 0 atom stereocenters. The first-order chi connectivity index (χ1) is 13.2. The van der Waals surface area contributed by atoms with Crippen molar-refractivity contribution >= 4 is 39.2 Å². The zero-order valence-corrected chi connectivity index (χ0v) is 16.7. The molecule has 0 aliphatic rings. The fourth-order valence-electron chi connectivity index (χ4n) is 2.61. The summed E-state index contributed by atoms with van der Waals surface area (Å²) in [6.45, 7) is 1.23. The molecule has 1 heterocycles. The first kappa shape index (κ1) is 19.8. The number of ether oxygens (including phenoxy) is 1. The zero-order valence-electron chi connectivity index (χ0n) is 15.1. The molecule has 27 heavy (non-hydrogen) atoms. The Labute approximate surface area is 165 Å². The maximum Gasteiger partial charge on any atom is 0.248 e. The molecule has 0 N–H and O–H groups in total. The molecule has 0 saturated heterocycles. The smallest absolute Gasteiger partial charge is 0.248 e. The summed E-state index contributed by atoms with van der Waals surface area (Å²) >= 11 is 3.14. The molecule has 0 bridgehead atoms. The monoisotopic (exact) mass is 404 g/mol. The second-order valence-electron chi connectivity index (χ2n) is 5.91. The standard InChI is InChI=1S/C20H21FN2O2S2/c1-25-13-12-23-17-5-2-3-6-18(17)27-20(23)22-19(24)7-4-14-26-16-10-8-15(21)9-11-16/h2-3,5-6,8-11H,4,7,12-14H2,1H3. The SMILES string of the molecule is COCCn1c(=NC(=O)CCCSc2ccc(F)cc2)sc2ccccc21. The molecule has 0 aliphatic heterocycles. The van der Waals surface area contributed by atoms with Crippen LogP contribution in [-0.4, -0.2) is 29.9 Å². The number of hydrogen-bond acceptors (Lipinski definition) is 4. The van der Waals surface area contributed by atoms with Crippen LogP contribution in [0.15, 0.2) is 58.4 Å². The number of methoxy groups -OCH3 is 1. The van der Waals surface area contributed by atoms with Crippen molar-refractivity contribution in [3.8, 4) is 0 Å². The predicted octanol–water partition coefficient (Wildman–Crippen LogP) is 4.49. The van der Waals surface area contributed by atoms with Gasteiger partial charge in [-0.15, -0.1) is 11.8 Å². The Balaban J connectivity index is 1.63. The van der Waals surface area contributed by atoms with Gasteiger partial charge in [-0.05, 0) is 48.6 Å². The number of para-hydroxylation sites is 1. The number of carbonyl (C=O) groups is 1. The molecule has 4 nitrogen and oxygen atoms in total. The summed E-state index contributed by atoms with van der Waals surface area (Å²) < 4.78 is 21.2. The van der Waals surface area contributed by atoms with Crippen molar-refractivity contribution in [2.75, 3.05) is 19.5 Å². The molecule has 0 aliphatic carbocycles. The second kappa shape index (κ2) is 9.82. The highest BCUT2D eigenvalue weighted by atomic mass is 32.2. The summed E-state index contributed by atoms with van der Waals surface area (Å²) in [6, 6.07) is 14.4. The lowest BCUT2D eigenvalue weighted by atomic mass is 10.3. The van der Waals surface area contributed by atoms with Gasteiger partial charge in [0.05, 0.1) is 16.8 Å². The van der Waals surface area contributed by atoms with E-state index in [2.05, 4.69) is 4.99 Å². The van der Waals surface area contributed by atoms with Gasteiger partial charge in [0.2, 0.25) is 5.91 Å². The third-order valence-corrected chi connectivity index (χ3v) is 6.10. The summed E-state index contributed by atoms with van der Waals surface area (Å²) in [5, 5.41) is 0. The summed E-state index contributed by atoms with van der Waals surface area (Å²) in [4.78, 5) is 18.4. The van der Waals surface area contributed by atoms with Crippen molar-refractivity contribution in [3.05, 3.63) is 59.1 Å². The second-order valence-corrected chi connectivity index (χ2v) is 8.09. The van der Waals surface area contributed by atoms with Crippen LogP contribution in [0, 0.1) is 5.82 Å². The van der Waals surface area contributed by atoms with Crippen molar-refractivity contribution in [1.82, 2.24) is 4.57 Å². The summed E-state index contributed by atoms with van der Waals surface area (Å²) in [6.07, 6.45) is 1.13. The molecule has 142 valence electrons. The summed E-state index contributed by atoms with van der Waals surface area (Å²) in [5.74, 6) is 0.439. The van der Waals surface area contributed by atoms with Crippen molar-refractivity contribution in [2.24, 2.45) is 4.99 Å². The van der Waals surface area contributed by atoms with E-state index >= 15 is 0 Å². The van der Waals surface area contributed by atoms with Crippen LogP contribution in [-0.2, 0) is 16.1 Å². The van der Waals surface area contributed by atoms with Crippen molar-refractivity contribution < 1.29 is 13.9 Å². The van der Waals surface area contributed by atoms with Gasteiger partial charge in [-0.3, -0.25) is 4.79 Å². The molecule has 1 aromatic heterocycles. The Hall–Kier alpha value is -1.96. The Morgan fingerprint density at radius 2 is 2.00 bits per heavy atom. The average Bonchev–Trinajstić information content (AvgIpc) is 3.02. The molecular formula is C20H21FN2O2S2. The average molecular weight is 405 g/mol. The molecular weight excluding hydrogens is 383 g/mol. The molecule has 0 fully saturated rings. The Morgan fingerprint density at radius 1 is 1.22 bits per heavy atom. The summed E-state index contributed by atoms with van der Waals surface area (Å²) in [7, 11) is 1.66. The van der Waals surface area contributed by atoms with Gasteiger partial charge in [-0.1, -0.05) is 23.5 Å². The molecule has 0 radical (unpaired) electrons. The van der Waals surface area contributed by atoms with E-state index in [9.17, 15) is 9.18 Å².